The van der Waals surface area contributed by atoms with Crippen molar-refractivity contribution < 1.29 is 4.79 Å². The first-order chi connectivity index (χ1) is 15.1. The Balaban J connectivity index is 1.44. The SMILES string of the molecule is CN(C)c1ccc(NC(=O)CSc2nnc(CN3CCCC3)n2-c2ccccc2)cc1. The summed E-state index contributed by atoms with van der Waals surface area (Å²) in [5, 5.41) is 12.6. The fraction of sp³-hybridized carbons (Fsp3) is 0.348. The molecule has 0 atom stereocenters. The molecule has 2 aromatic carbocycles. The molecule has 4 rings (SSSR count). The maximum atomic E-state index is 12.5. The van der Waals surface area contributed by atoms with Crippen molar-refractivity contribution in [3.63, 3.8) is 0 Å². The number of benzene rings is 2. The van der Waals surface area contributed by atoms with Crippen molar-refractivity contribution in [1.82, 2.24) is 19.7 Å². The highest BCUT2D eigenvalue weighted by atomic mass is 32.2. The number of rotatable bonds is 8. The van der Waals surface area contributed by atoms with E-state index in [9.17, 15) is 4.79 Å². The van der Waals surface area contributed by atoms with Crippen molar-refractivity contribution in [2.75, 3.05) is 43.2 Å². The molecule has 162 valence electrons. The molecule has 1 N–H and O–H groups in total. The molecule has 0 radical (unpaired) electrons. The topological polar surface area (TPSA) is 66.3 Å². The van der Waals surface area contributed by atoms with Crippen molar-refractivity contribution >= 4 is 29.0 Å². The summed E-state index contributed by atoms with van der Waals surface area (Å²) in [6, 6.07) is 17.9. The number of amides is 1. The number of para-hydroxylation sites is 1. The van der Waals surface area contributed by atoms with Gasteiger partial charge in [0.25, 0.3) is 0 Å². The summed E-state index contributed by atoms with van der Waals surface area (Å²) in [6.45, 7) is 2.96. The quantitative estimate of drug-likeness (QED) is 0.544. The van der Waals surface area contributed by atoms with Crippen LogP contribution in [0, 0.1) is 0 Å². The third-order valence-corrected chi connectivity index (χ3v) is 6.21. The van der Waals surface area contributed by atoms with Gasteiger partial charge in [0.15, 0.2) is 11.0 Å². The van der Waals surface area contributed by atoms with E-state index in [2.05, 4.69) is 25.0 Å². The number of carbonyl (C=O) groups is 1. The molecule has 1 fully saturated rings. The van der Waals surface area contributed by atoms with E-state index in [4.69, 9.17) is 0 Å². The number of carbonyl (C=O) groups excluding carboxylic acids is 1. The molecule has 31 heavy (non-hydrogen) atoms. The summed E-state index contributed by atoms with van der Waals surface area (Å²) in [4.78, 5) is 17.0. The number of aromatic nitrogens is 3. The molecule has 2 heterocycles. The van der Waals surface area contributed by atoms with Crippen molar-refractivity contribution in [3.8, 4) is 5.69 Å². The van der Waals surface area contributed by atoms with Crippen LogP contribution in [0.1, 0.15) is 18.7 Å². The minimum atomic E-state index is -0.0636. The summed E-state index contributed by atoms with van der Waals surface area (Å²) in [7, 11) is 3.98. The normalized spacial score (nSPS) is 14.0. The zero-order valence-corrected chi connectivity index (χ0v) is 18.8. The summed E-state index contributed by atoms with van der Waals surface area (Å²) in [6.07, 6.45) is 2.47. The summed E-state index contributed by atoms with van der Waals surface area (Å²) < 4.78 is 2.07. The molecular weight excluding hydrogens is 408 g/mol. The fourth-order valence-corrected chi connectivity index (χ4v) is 4.41. The number of anilines is 2. The van der Waals surface area contributed by atoms with Crippen molar-refractivity contribution in [3.05, 3.63) is 60.4 Å². The van der Waals surface area contributed by atoms with Crippen LogP contribution in [-0.2, 0) is 11.3 Å². The van der Waals surface area contributed by atoms with Crippen LogP contribution in [0.4, 0.5) is 11.4 Å². The van der Waals surface area contributed by atoms with E-state index in [1.165, 1.54) is 24.6 Å². The molecule has 0 unspecified atom stereocenters. The van der Waals surface area contributed by atoms with Gasteiger partial charge >= 0.3 is 0 Å². The smallest absolute Gasteiger partial charge is 0.234 e. The van der Waals surface area contributed by atoms with Crippen molar-refractivity contribution in [2.45, 2.75) is 24.5 Å². The molecule has 1 aliphatic rings. The molecule has 0 saturated carbocycles. The Labute approximate surface area is 187 Å². The largest absolute Gasteiger partial charge is 0.378 e. The predicted molar refractivity (Wildman–Crippen MR) is 126 cm³/mol. The van der Waals surface area contributed by atoms with Gasteiger partial charge in [0, 0.05) is 31.2 Å². The first kappa shape index (κ1) is 21.4. The lowest BCUT2D eigenvalue weighted by Crippen LogP contribution is -2.21. The highest BCUT2D eigenvalue weighted by molar-refractivity contribution is 7.99. The van der Waals surface area contributed by atoms with Gasteiger partial charge in [-0.25, -0.2) is 0 Å². The van der Waals surface area contributed by atoms with Crippen LogP contribution in [0.2, 0.25) is 0 Å². The zero-order valence-electron chi connectivity index (χ0n) is 18.0. The number of likely N-dealkylation sites (tertiary alicyclic amines) is 1. The van der Waals surface area contributed by atoms with Crippen LogP contribution < -0.4 is 10.2 Å². The van der Waals surface area contributed by atoms with Gasteiger partial charge in [-0.15, -0.1) is 10.2 Å². The van der Waals surface area contributed by atoms with Crippen molar-refractivity contribution in [2.24, 2.45) is 0 Å². The molecule has 1 aromatic heterocycles. The van der Waals surface area contributed by atoms with Gasteiger partial charge in [0.05, 0.1) is 12.3 Å². The minimum Gasteiger partial charge on any atom is -0.378 e. The Morgan fingerprint density at radius 1 is 1.03 bits per heavy atom. The lowest BCUT2D eigenvalue weighted by molar-refractivity contribution is -0.113. The average molecular weight is 437 g/mol. The van der Waals surface area contributed by atoms with Gasteiger partial charge in [-0.2, -0.15) is 0 Å². The molecule has 8 heteroatoms. The number of hydrogen-bond donors (Lipinski definition) is 1. The van der Waals surface area contributed by atoms with E-state index in [-0.39, 0.29) is 11.7 Å². The third kappa shape index (κ3) is 5.45. The Hall–Kier alpha value is -2.84. The Bertz CT molecular complexity index is 997. The molecule has 7 nitrogen and oxygen atoms in total. The number of nitrogens with zero attached hydrogens (tertiary/aromatic N) is 5. The Kier molecular flexibility index (Phi) is 6.89. The summed E-state index contributed by atoms with van der Waals surface area (Å²) in [5.41, 5.74) is 2.90. The van der Waals surface area contributed by atoms with Gasteiger partial charge in [-0.05, 0) is 62.3 Å². The first-order valence-electron chi connectivity index (χ1n) is 10.5. The van der Waals surface area contributed by atoms with E-state index >= 15 is 0 Å². The second kappa shape index (κ2) is 9.98. The average Bonchev–Trinajstić information content (AvgIpc) is 3.43. The first-order valence-corrected chi connectivity index (χ1v) is 11.5. The second-order valence-electron chi connectivity index (χ2n) is 7.83. The van der Waals surface area contributed by atoms with E-state index in [0.717, 1.165) is 47.7 Å². The van der Waals surface area contributed by atoms with Crippen LogP contribution in [0.3, 0.4) is 0 Å². The van der Waals surface area contributed by atoms with E-state index in [0.29, 0.717) is 0 Å². The van der Waals surface area contributed by atoms with Crippen molar-refractivity contribution in [1.29, 1.82) is 0 Å². The minimum absolute atomic E-state index is 0.0636. The maximum Gasteiger partial charge on any atom is 0.234 e. The van der Waals surface area contributed by atoms with Gasteiger partial charge in [0.1, 0.15) is 0 Å². The molecule has 0 aliphatic carbocycles. The molecule has 0 bridgehead atoms. The highest BCUT2D eigenvalue weighted by Crippen LogP contribution is 2.24. The zero-order chi connectivity index (χ0) is 21.6. The van der Waals surface area contributed by atoms with Crippen LogP contribution in [0.15, 0.2) is 59.8 Å². The van der Waals surface area contributed by atoms with E-state index < -0.39 is 0 Å². The van der Waals surface area contributed by atoms with E-state index in [1.807, 2.05) is 73.6 Å². The van der Waals surface area contributed by atoms with Crippen LogP contribution in [-0.4, -0.2) is 58.5 Å². The molecule has 3 aromatic rings. The van der Waals surface area contributed by atoms with Gasteiger partial charge in [0.2, 0.25) is 5.91 Å². The van der Waals surface area contributed by atoms with Gasteiger partial charge < -0.3 is 10.2 Å². The van der Waals surface area contributed by atoms with Gasteiger partial charge in [-0.3, -0.25) is 14.3 Å². The van der Waals surface area contributed by atoms with Crippen LogP contribution in [0.5, 0.6) is 0 Å². The fourth-order valence-electron chi connectivity index (χ4n) is 3.64. The summed E-state index contributed by atoms with van der Waals surface area (Å²) in [5.74, 6) is 1.12. The highest BCUT2D eigenvalue weighted by Gasteiger charge is 2.20. The second-order valence-corrected chi connectivity index (χ2v) is 8.77. The monoisotopic (exact) mass is 436 g/mol. The number of thioether (sulfide) groups is 1. The molecular formula is C23H28N6OS. The lowest BCUT2D eigenvalue weighted by atomic mass is 10.2. The maximum absolute atomic E-state index is 12.5. The van der Waals surface area contributed by atoms with Crippen LogP contribution in [0.25, 0.3) is 5.69 Å². The standard InChI is InChI=1S/C23H28N6OS/c1-27(2)19-12-10-18(11-13-19)24-22(30)17-31-23-26-25-21(16-28-14-6-7-15-28)29(23)20-8-4-3-5-9-20/h3-5,8-13H,6-7,14-17H2,1-2H3,(H,24,30). The molecule has 0 spiro atoms. The number of hydrogen-bond acceptors (Lipinski definition) is 6. The molecule has 1 amide bonds. The van der Waals surface area contributed by atoms with E-state index in [1.54, 1.807) is 0 Å². The third-order valence-electron chi connectivity index (χ3n) is 5.28. The van der Waals surface area contributed by atoms with Gasteiger partial charge in [-0.1, -0.05) is 30.0 Å². The molecule has 1 aliphatic heterocycles. The number of nitrogens with one attached hydrogen (secondary N) is 1. The lowest BCUT2D eigenvalue weighted by Gasteiger charge is -2.16. The Morgan fingerprint density at radius 2 is 1.74 bits per heavy atom. The van der Waals surface area contributed by atoms with Crippen LogP contribution >= 0.6 is 11.8 Å². The summed E-state index contributed by atoms with van der Waals surface area (Å²) >= 11 is 1.41. The predicted octanol–water partition coefficient (Wildman–Crippen LogP) is 3.66. The molecule has 1 saturated heterocycles. The Morgan fingerprint density at radius 3 is 2.42 bits per heavy atom.